The first-order chi connectivity index (χ1) is 15.0. The Morgan fingerprint density at radius 3 is 2.32 bits per heavy atom. The molecule has 0 spiro atoms. The maximum atomic E-state index is 12.4. The molecule has 8 heteroatoms. The number of amides is 2. The van der Waals surface area contributed by atoms with Gasteiger partial charge in [0.15, 0.2) is 5.11 Å². The van der Waals surface area contributed by atoms with Gasteiger partial charge in [0.25, 0.3) is 11.8 Å². The first kappa shape index (κ1) is 22.3. The minimum atomic E-state index is -0.424. The molecule has 3 rings (SSSR count). The monoisotopic (exact) mass is 453 g/mol. The second-order valence-corrected chi connectivity index (χ2v) is 7.33. The molecule has 0 radical (unpaired) electrons. The van der Waals surface area contributed by atoms with Gasteiger partial charge in [-0.3, -0.25) is 25.8 Å². The number of carbonyl (C=O) groups excluding carboxylic acids is 2. The number of halogens is 1. The Morgan fingerprint density at radius 1 is 0.839 bits per heavy atom. The maximum absolute atomic E-state index is 12.4. The summed E-state index contributed by atoms with van der Waals surface area (Å²) in [7, 11) is 0. The normalized spacial score (nSPS) is 10.1. The number of rotatable bonds is 6. The van der Waals surface area contributed by atoms with E-state index in [2.05, 4.69) is 16.2 Å². The summed E-state index contributed by atoms with van der Waals surface area (Å²) in [6.45, 7) is 0.492. The molecule has 0 unspecified atom stereocenters. The van der Waals surface area contributed by atoms with Gasteiger partial charge in [0.1, 0.15) is 5.75 Å². The van der Waals surface area contributed by atoms with Crippen molar-refractivity contribution in [3.63, 3.8) is 0 Å². The molecule has 6 nitrogen and oxygen atoms in total. The fourth-order valence-corrected chi connectivity index (χ4v) is 2.92. The van der Waals surface area contributed by atoms with E-state index in [1.165, 1.54) is 5.56 Å². The minimum absolute atomic E-state index is 0.0392. The Bertz CT molecular complexity index is 1060. The number of hydrogen-bond donors (Lipinski definition) is 3. The Kier molecular flexibility index (Phi) is 7.98. The van der Waals surface area contributed by atoms with Crippen LogP contribution in [0.4, 0.5) is 0 Å². The second kappa shape index (κ2) is 11.1. The van der Waals surface area contributed by atoms with Gasteiger partial charge in [-0.25, -0.2) is 0 Å². The number of ether oxygens (including phenoxy) is 1. The van der Waals surface area contributed by atoms with Gasteiger partial charge in [0.2, 0.25) is 0 Å². The van der Waals surface area contributed by atoms with Crippen molar-refractivity contribution in [2.45, 2.75) is 6.42 Å². The van der Waals surface area contributed by atoms with E-state index in [1.807, 2.05) is 30.3 Å². The van der Waals surface area contributed by atoms with E-state index in [9.17, 15) is 9.59 Å². The number of nitrogens with one attached hydrogen (secondary N) is 3. The molecule has 0 fully saturated rings. The molecule has 0 bridgehead atoms. The fraction of sp³-hybridized carbons (Fsp3) is 0.0870. The highest BCUT2D eigenvalue weighted by Gasteiger charge is 2.10. The highest BCUT2D eigenvalue weighted by atomic mass is 35.5. The van der Waals surface area contributed by atoms with Crippen LogP contribution in [0.15, 0.2) is 78.9 Å². The molecule has 0 atom stereocenters. The molecule has 0 heterocycles. The lowest BCUT2D eigenvalue weighted by molar-refractivity contribution is 0.0934. The molecular weight excluding hydrogens is 434 g/mol. The van der Waals surface area contributed by atoms with E-state index < -0.39 is 11.8 Å². The molecule has 0 saturated carbocycles. The van der Waals surface area contributed by atoms with Crippen LogP contribution in [0.25, 0.3) is 0 Å². The van der Waals surface area contributed by atoms with Crippen LogP contribution in [0.2, 0.25) is 5.02 Å². The first-order valence-corrected chi connectivity index (χ1v) is 10.2. The lowest BCUT2D eigenvalue weighted by Crippen LogP contribution is -2.48. The summed E-state index contributed by atoms with van der Waals surface area (Å²) in [4.78, 5) is 24.5. The first-order valence-electron chi connectivity index (χ1n) is 9.45. The van der Waals surface area contributed by atoms with Crippen LogP contribution in [0.5, 0.6) is 5.75 Å². The SMILES string of the molecule is O=C(NNC(=S)NC(=O)c1cccc(OCCc2ccccc2)c1)c1ccc(Cl)cc1. The van der Waals surface area contributed by atoms with Gasteiger partial charge in [-0.2, -0.15) is 0 Å². The lowest BCUT2D eigenvalue weighted by Gasteiger charge is -2.12. The predicted molar refractivity (Wildman–Crippen MR) is 124 cm³/mol. The lowest BCUT2D eigenvalue weighted by atomic mass is 10.2. The summed E-state index contributed by atoms with van der Waals surface area (Å²) in [6.07, 6.45) is 0.762. The number of hydrazine groups is 1. The molecule has 0 saturated heterocycles. The smallest absolute Gasteiger partial charge is 0.269 e. The average Bonchev–Trinajstić information content (AvgIpc) is 2.79. The third-order valence-electron chi connectivity index (χ3n) is 4.22. The highest BCUT2D eigenvalue weighted by molar-refractivity contribution is 7.80. The van der Waals surface area contributed by atoms with Crippen molar-refractivity contribution in [1.82, 2.24) is 16.2 Å². The molecule has 158 valence electrons. The van der Waals surface area contributed by atoms with Crippen LogP contribution in [-0.4, -0.2) is 23.5 Å². The zero-order chi connectivity index (χ0) is 22.1. The average molecular weight is 454 g/mol. The van der Waals surface area contributed by atoms with Crippen molar-refractivity contribution < 1.29 is 14.3 Å². The third-order valence-corrected chi connectivity index (χ3v) is 4.68. The second-order valence-electron chi connectivity index (χ2n) is 6.48. The summed E-state index contributed by atoms with van der Waals surface area (Å²) in [5.74, 6) is -0.257. The zero-order valence-electron chi connectivity index (χ0n) is 16.4. The number of carbonyl (C=O) groups is 2. The Labute approximate surface area is 190 Å². The quantitative estimate of drug-likeness (QED) is 0.389. The maximum Gasteiger partial charge on any atom is 0.269 e. The third kappa shape index (κ3) is 7.09. The molecule has 0 aromatic heterocycles. The molecule has 0 aliphatic carbocycles. The van der Waals surface area contributed by atoms with E-state index in [4.69, 9.17) is 28.6 Å². The van der Waals surface area contributed by atoms with Crippen molar-refractivity contribution >= 4 is 40.7 Å². The van der Waals surface area contributed by atoms with Crippen LogP contribution in [0.3, 0.4) is 0 Å². The minimum Gasteiger partial charge on any atom is -0.493 e. The Balaban J connectivity index is 1.47. The van der Waals surface area contributed by atoms with Crippen LogP contribution < -0.4 is 20.9 Å². The summed E-state index contributed by atoms with van der Waals surface area (Å²) >= 11 is 10.9. The standard InChI is InChI=1S/C23H20ClN3O3S/c24-19-11-9-17(10-12-19)22(29)26-27-23(31)25-21(28)18-7-4-8-20(15-18)30-14-13-16-5-2-1-3-6-16/h1-12,15H,13-14H2,(H,26,29)(H2,25,27,28,31). The Hall–Kier alpha value is -3.42. The fourth-order valence-electron chi connectivity index (χ4n) is 2.65. The molecule has 3 aromatic rings. The van der Waals surface area contributed by atoms with Gasteiger partial charge in [0, 0.05) is 22.6 Å². The van der Waals surface area contributed by atoms with Gasteiger partial charge in [-0.1, -0.05) is 48.0 Å². The predicted octanol–water partition coefficient (Wildman–Crippen LogP) is 3.91. The molecule has 0 aliphatic rings. The molecule has 0 aliphatic heterocycles. The van der Waals surface area contributed by atoms with Crippen molar-refractivity contribution in [1.29, 1.82) is 0 Å². The van der Waals surface area contributed by atoms with Crippen molar-refractivity contribution in [2.24, 2.45) is 0 Å². The van der Waals surface area contributed by atoms with Crippen molar-refractivity contribution in [3.8, 4) is 5.75 Å². The summed E-state index contributed by atoms with van der Waals surface area (Å²) in [6, 6.07) is 23.1. The molecule has 3 aromatic carbocycles. The van der Waals surface area contributed by atoms with Crippen LogP contribution in [0, 0.1) is 0 Å². The van der Waals surface area contributed by atoms with Gasteiger partial charge < -0.3 is 4.74 Å². The number of thiocarbonyl (C=S) groups is 1. The zero-order valence-corrected chi connectivity index (χ0v) is 18.0. The molecule has 31 heavy (non-hydrogen) atoms. The molecule has 3 N–H and O–H groups in total. The topological polar surface area (TPSA) is 79.5 Å². The molecule has 2 amide bonds. The van der Waals surface area contributed by atoms with Crippen LogP contribution in [-0.2, 0) is 6.42 Å². The van der Waals surface area contributed by atoms with Gasteiger partial charge >= 0.3 is 0 Å². The summed E-state index contributed by atoms with van der Waals surface area (Å²) < 4.78 is 5.75. The Morgan fingerprint density at radius 2 is 1.58 bits per heavy atom. The largest absolute Gasteiger partial charge is 0.493 e. The molecular formula is C23H20ClN3O3S. The van der Waals surface area contributed by atoms with Crippen molar-refractivity contribution in [2.75, 3.05) is 6.61 Å². The highest BCUT2D eigenvalue weighted by Crippen LogP contribution is 2.14. The van der Waals surface area contributed by atoms with Gasteiger partial charge in [0.05, 0.1) is 6.61 Å². The van der Waals surface area contributed by atoms with E-state index in [-0.39, 0.29) is 5.11 Å². The summed E-state index contributed by atoms with van der Waals surface area (Å²) in [5, 5.41) is 3.00. The summed E-state index contributed by atoms with van der Waals surface area (Å²) in [5.41, 5.74) is 6.87. The van der Waals surface area contributed by atoms with Crippen LogP contribution >= 0.6 is 23.8 Å². The van der Waals surface area contributed by atoms with E-state index in [0.29, 0.717) is 28.5 Å². The van der Waals surface area contributed by atoms with E-state index in [0.717, 1.165) is 6.42 Å². The number of benzene rings is 3. The number of hydrogen-bond acceptors (Lipinski definition) is 4. The van der Waals surface area contributed by atoms with E-state index in [1.54, 1.807) is 48.5 Å². The van der Waals surface area contributed by atoms with Gasteiger partial charge in [-0.15, -0.1) is 0 Å². The van der Waals surface area contributed by atoms with Gasteiger partial charge in [-0.05, 0) is 60.2 Å². The van der Waals surface area contributed by atoms with Crippen LogP contribution in [0.1, 0.15) is 26.3 Å². The van der Waals surface area contributed by atoms with Crippen molar-refractivity contribution in [3.05, 3.63) is 101 Å². The van der Waals surface area contributed by atoms with E-state index >= 15 is 0 Å².